The second-order valence-electron chi connectivity index (χ2n) is 7.45. The molecule has 0 saturated heterocycles. The summed E-state index contributed by atoms with van der Waals surface area (Å²) in [4.78, 5) is 2.18. The van der Waals surface area contributed by atoms with Gasteiger partial charge in [0, 0.05) is 19.6 Å². The second-order valence-corrected chi connectivity index (χ2v) is 7.45. The summed E-state index contributed by atoms with van der Waals surface area (Å²) < 4.78 is 27.0. The third-order valence-electron chi connectivity index (χ3n) is 5.01. The first-order chi connectivity index (χ1) is 15.2. The van der Waals surface area contributed by atoms with E-state index in [4.69, 9.17) is 23.4 Å². The van der Waals surface area contributed by atoms with Crippen molar-refractivity contribution in [3.8, 4) is 17.2 Å². The molecule has 7 heteroatoms. The molecule has 0 saturated carbocycles. The zero-order chi connectivity index (χ0) is 21.5. The minimum absolute atomic E-state index is 0.223. The largest absolute Gasteiger partial charge is 0.497 e. The van der Waals surface area contributed by atoms with E-state index in [9.17, 15) is 5.11 Å². The van der Waals surface area contributed by atoms with Crippen LogP contribution >= 0.6 is 0 Å². The van der Waals surface area contributed by atoms with Crippen LogP contribution in [0.1, 0.15) is 16.9 Å². The molecule has 0 aliphatic carbocycles. The summed E-state index contributed by atoms with van der Waals surface area (Å²) in [6, 6.07) is 17.5. The van der Waals surface area contributed by atoms with Gasteiger partial charge in [-0.15, -0.1) is 0 Å². The number of ether oxygens (including phenoxy) is 4. The van der Waals surface area contributed by atoms with Crippen molar-refractivity contribution in [2.24, 2.45) is 0 Å². The van der Waals surface area contributed by atoms with Crippen LogP contribution in [0.3, 0.4) is 0 Å². The predicted octanol–water partition coefficient (Wildman–Crippen LogP) is 3.60. The van der Waals surface area contributed by atoms with Crippen LogP contribution in [-0.4, -0.2) is 43.2 Å². The molecule has 1 aliphatic heterocycles. The molecule has 0 amide bonds. The molecule has 2 aromatic carbocycles. The number of fused-ring (bicyclic) bond motifs is 1. The average Bonchev–Trinajstić information content (AvgIpc) is 3.46. The van der Waals surface area contributed by atoms with Crippen molar-refractivity contribution < 1.29 is 28.5 Å². The summed E-state index contributed by atoms with van der Waals surface area (Å²) in [7, 11) is 1.65. The number of hydrogen-bond donors (Lipinski definition) is 1. The first-order valence-corrected chi connectivity index (χ1v) is 10.2. The van der Waals surface area contributed by atoms with Gasteiger partial charge in [-0.25, -0.2) is 0 Å². The molecule has 7 nitrogen and oxygen atoms in total. The molecular weight excluding hydrogens is 398 g/mol. The van der Waals surface area contributed by atoms with Crippen molar-refractivity contribution in [2.75, 3.05) is 27.1 Å². The van der Waals surface area contributed by atoms with E-state index in [1.54, 1.807) is 13.4 Å². The van der Waals surface area contributed by atoms with Crippen molar-refractivity contribution in [1.29, 1.82) is 0 Å². The van der Waals surface area contributed by atoms with Crippen LogP contribution in [0.5, 0.6) is 17.2 Å². The van der Waals surface area contributed by atoms with E-state index >= 15 is 0 Å². The lowest BCUT2D eigenvalue weighted by Gasteiger charge is -2.25. The Labute approximate surface area is 181 Å². The highest BCUT2D eigenvalue weighted by atomic mass is 16.7. The van der Waals surface area contributed by atoms with Gasteiger partial charge in [0.2, 0.25) is 6.79 Å². The summed E-state index contributed by atoms with van der Waals surface area (Å²) in [5.74, 6) is 3.07. The zero-order valence-corrected chi connectivity index (χ0v) is 17.5. The lowest BCUT2D eigenvalue weighted by atomic mass is 10.1. The van der Waals surface area contributed by atoms with Gasteiger partial charge in [-0.2, -0.15) is 0 Å². The molecule has 3 aromatic rings. The first-order valence-electron chi connectivity index (χ1n) is 10.2. The second kappa shape index (κ2) is 10.3. The predicted molar refractivity (Wildman–Crippen MR) is 114 cm³/mol. The van der Waals surface area contributed by atoms with Gasteiger partial charge in [-0.1, -0.05) is 18.2 Å². The molecule has 1 atom stereocenters. The van der Waals surface area contributed by atoms with Crippen LogP contribution in [0.25, 0.3) is 0 Å². The van der Waals surface area contributed by atoms with Crippen molar-refractivity contribution in [3.63, 3.8) is 0 Å². The minimum atomic E-state index is -0.637. The van der Waals surface area contributed by atoms with Gasteiger partial charge in [0.15, 0.2) is 11.5 Å². The third kappa shape index (κ3) is 6.01. The standard InChI is InChI=1S/C24H27NO6/c1-27-21-7-4-18(5-8-21)12-25(13-19-6-9-23-24(11-19)31-17-30-23)14-20(26)15-28-16-22-3-2-10-29-22/h2-11,20,26H,12-17H2,1H3/t20-/m0/s1. The third-order valence-corrected chi connectivity index (χ3v) is 5.01. The van der Waals surface area contributed by atoms with Gasteiger partial charge in [-0.3, -0.25) is 4.90 Å². The van der Waals surface area contributed by atoms with E-state index < -0.39 is 6.10 Å². The Hall–Kier alpha value is -3.00. The molecule has 1 N–H and O–H groups in total. The maximum Gasteiger partial charge on any atom is 0.231 e. The van der Waals surface area contributed by atoms with Crippen molar-refractivity contribution in [2.45, 2.75) is 25.8 Å². The highest BCUT2D eigenvalue weighted by Crippen LogP contribution is 2.33. The fourth-order valence-electron chi connectivity index (χ4n) is 3.51. The molecule has 164 valence electrons. The Kier molecular flexibility index (Phi) is 7.09. The molecule has 1 aliphatic rings. The van der Waals surface area contributed by atoms with Crippen LogP contribution in [0, 0.1) is 0 Å². The van der Waals surface area contributed by atoms with Gasteiger partial charge in [0.05, 0.1) is 26.1 Å². The number of hydrogen-bond acceptors (Lipinski definition) is 7. The van der Waals surface area contributed by atoms with Gasteiger partial charge in [0.25, 0.3) is 0 Å². The number of rotatable bonds is 11. The number of nitrogens with zero attached hydrogens (tertiary/aromatic N) is 1. The van der Waals surface area contributed by atoms with Crippen molar-refractivity contribution >= 4 is 0 Å². The molecule has 2 heterocycles. The van der Waals surface area contributed by atoms with E-state index in [1.807, 2.05) is 54.6 Å². The van der Waals surface area contributed by atoms with Crippen LogP contribution in [0.15, 0.2) is 65.3 Å². The maximum absolute atomic E-state index is 10.6. The number of aliphatic hydroxyl groups is 1. The molecule has 0 unspecified atom stereocenters. The zero-order valence-electron chi connectivity index (χ0n) is 17.5. The molecule has 0 fully saturated rings. The fraction of sp³-hybridized carbons (Fsp3) is 0.333. The molecule has 0 spiro atoms. The summed E-state index contributed by atoms with van der Waals surface area (Å²) in [5.41, 5.74) is 2.21. The average molecular weight is 425 g/mol. The van der Waals surface area contributed by atoms with E-state index in [0.29, 0.717) is 26.2 Å². The number of methoxy groups -OCH3 is 1. The summed E-state index contributed by atoms with van der Waals surface area (Å²) in [6.07, 6.45) is 0.971. The van der Waals surface area contributed by atoms with Gasteiger partial charge in [-0.05, 0) is 47.5 Å². The topological polar surface area (TPSA) is 73.5 Å². The molecular formula is C24H27NO6. The normalized spacial score (nSPS) is 13.5. The molecule has 0 bridgehead atoms. The fourth-order valence-corrected chi connectivity index (χ4v) is 3.51. The Balaban J connectivity index is 1.39. The summed E-state index contributed by atoms with van der Waals surface area (Å²) in [6.45, 7) is 2.59. The number of benzene rings is 2. The van der Waals surface area contributed by atoms with Crippen LogP contribution in [0.2, 0.25) is 0 Å². The van der Waals surface area contributed by atoms with Crippen molar-refractivity contribution in [3.05, 3.63) is 77.7 Å². The lowest BCUT2D eigenvalue weighted by molar-refractivity contribution is 0.00252. The summed E-state index contributed by atoms with van der Waals surface area (Å²) in [5, 5.41) is 10.6. The van der Waals surface area contributed by atoms with Crippen LogP contribution in [0.4, 0.5) is 0 Å². The minimum Gasteiger partial charge on any atom is -0.497 e. The van der Waals surface area contributed by atoms with E-state index in [0.717, 1.165) is 34.1 Å². The van der Waals surface area contributed by atoms with Gasteiger partial charge < -0.3 is 28.5 Å². The Morgan fingerprint density at radius 1 is 1.00 bits per heavy atom. The van der Waals surface area contributed by atoms with Gasteiger partial charge in [0.1, 0.15) is 18.1 Å². The van der Waals surface area contributed by atoms with Gasteiger partial charge >= 0.3 is 0 Å². The Morgan fingerprint density at radius 2 is 1.77 bits per heavy atom. The smallest absolute Gasteiger partial charge is 0.231 e. The lowest BCUT2D eigenvalue weighted by Crippen LogP contribution is -2.34. The van der Waals surface area contributed by atoms with Crippen molar-refractivity contribution in [1.82, 2.24) is 4.90 Å². The number of aliphatic hydroxyl groups excluding tert-OH is 1. The van der Waals surface area contributed by atoms with E-state index in [-0.39, 0.29) is 13.4 Å². The van der Waals surface area contributed by atoms with E-state index in [1.165, 1.54) is 0 Å². The first kappa shape index (κ1) is 21.2. The summed E-state index contributed by atoms with van der Waals surface area (Å²) >= 11 is 0. The quantitative estimate of drug-likeness (QED) is 0.503. The Morgan fingerprint density at radius 3 is 2.55 bits per heavy atom. The van der Waals surface area contributed by atoms with Crippen LogP contribution < -0.4 is 14.2 Å². The molecule has 31 heavy (non-hydrogen) atoms. The monoisotopic (exact) mass is 425 g/mol. The van der Waals surface area contributed by atoms with E-state index in [2.05, 4.69) is 4.90 Å². The highest BCUT2D eigenvalue weighted by molar-refractivity contribution is 5.44. The number of furan rings is 1. The highest BCUT2D eigenvalue weighted by Gasteiger charge is 2.17. The molecule has 4 rings (SSSR count). The Bertz CT molecular complexity index is 941. The molecule has 0 radical (unpaired) electrons. The SMILES string of the molecule is COc1ccc(CN(Cc2ccc3c(c2)OCO3)C[C@H](O)COCc2ccco2)cc1. The van der Waals surface area contributed by atoms with Crippen LogP contribution in [-0.2, 0) is 24.4 Å². The molecule has 1 aromatic heterocycles. The maximum atomic E-state index is 10.6.